The van der Waals surface area contributed by atoms with Crippen LogP contribution in [0.1, 0.15) is 4.88 Å². The monoisotopic (exact) mass is 352 g/mol. The molecule has 8 nitrogen and oxygen atoms in total. The number of halogens is 1. The fourth-order valence-electron chi connectivity index (χ4n) is 2.26. The highest BCUT2D eigenvalue weighted by Gasteiger charge is 2.25. The number of guanidine groups is 1. The number of hydrazone groups is 1. The first kappa shape index (κ1) is 15.5. The molecule has 0 unspecified atom stereocenters. The zero-order valence-electron chi connectivity index (χ0n) is 11.9. The van der Waals surface area contributed by atoms with Gasteiger partial charge in [-0.1, -0.05) is 29.8 Å². The van der Waals surface area contributed by atoms with Gasteiger partial charge in [0, 0.05) is 16.8 Å². The second kappa shape index (κ2) is 6.80. The van der Waals surface area contributed by atoms with Crippen LogP contribution in [0.4, 0.5) is 5.69 Å². The Bertz CT molecular complexity index is 722. The van der Waals surface area contributed by atoms with E-state index in [4.69, 9.17) is 11.6 Å². The van der Waals surface area contributed by atoms with Crippen molar-refractivity contribution in [1.29, 1.82) is 0 Å². The Kier molecular flexibility index (Phi) is 4.58. The molecule has 1 aliphatic heterocycles. The van der Waals surface area contributed by atoms with Crippen molar-refractivity contribution < 1.29 is 5.03 Å². The first-order valence-corrected chi connectivity index (χ1v) is 7.93. The second-order valence-electron chi connectivity index (χ2n) is 4.79. The van der Waals surface area contributed by atoms with Gasteiger partial charge in [-0.05, 0) is 12.1 Å². The Hall–Kier alpha value is -2.39. The molecule has 1 aromatic heterocycles. The molecule has 0 aliphatic carbocycles. The molecule has 1 saturated heterocycles. The molecule has 1 aliphatic rings. The Morgan fingerprint density at radius 1 is 1.43 bits per heavy atom. The summed E-state index contributed by atoms with van der Waals surface area (Å²) in [6, 6.07) is 9.81. The summed E-state index contributed by atoms with van der Waals surface area (Å²) in [5.41, 5.74) is 1.02. The number of anilines is 1. The maximum atomic E-state index is 10.7. The lowest BCUT2D eigenvalue weighted by molar-refractivity contribution is -0.486. The Labute approximate surface area is 141 Å². The highest BCUT2D eigenvalue weighted by Crippen LogP contribution is 2.21. The first-order valence-electron chi connectivity index (χ1n) is 6.74. The van der Waals surface area contributed by atoms with Gasteiger partial charge in [0.05, 0.1) is 19.9 Å². The fraction of sp³-hybridized carbons (Fsp3) is 0.231. The second-order valence-corrected chi connectivity index (χ2v) is 6.49. The van der Waals surface area contributed by atoms with Gasteiger partial charge in [-0.3, -0.25) is 0 Å². The third-order valence-corrected chi connectivity index (χ3v) is 4.34. The summed E-state index contributed by atoms with van der Waals surface area (Å²) in [4.78, 5) is 19.5. The van der Waals surface area contributed by atoms with Crippen molar-refractivity contribution >= 4 is 34.6 Å². The fourth-order valence-corrected chi connectivity index (χ4v) is 3.25. The van der Waals surface area contributed by atoms with E-state index in [2.05, 4.69) is 20.3 Å². The van der Waals surface area contributed by atoms with Gasteiger partial charge in [0.25, 0.3) is 5.96 Å². The molecular formula is C13H13ClN6O2S. The predicted octanol–water partition coefficient (Wildman–Crippen LogP) is 2.17. The molecule has 1 fully saturated rings. The van der Waals surface area contributed by atoms with E-state index in [1.165, 1.54) is 11.3 Å². The molecular weight excluding hydrogens is 340 g/mol. The van der Waals surface area contributed by atoms with Crippen LogP contribution >= 0.6 is 22.9 Å². The molecule has 0 radical (unpaired) electrons. The molecule has 0 bridgehead atoms. The van der Waals surface area contributed by atoms with Gasteiger partial charge in [0.2, 0.25) is 0 Å². The van der Waals surface area contributed by atoms with E-state index in [1.54, 1.807) is 11.1 Å². The number of nitrogens with zero attached hydrogens (tertiary/aromatic N) is 5. The zero-order chi connectivity index (χ0) is 16.2. The van der Waals surface area contributed by atoms with Gasteiger partial charge in [-0.2, -0.15) is 0 Å². The van der Waals surface area contributed by atoms with Gasteiger partial charge in [0.15, 0.2) is 9.50 Å². The van der Waals surface area contributed by atoms with E-state index in [0.717, 1.165) is 10.6 Å². The van der Waals surface area contributed by atoms with Gasteiger partial charge in [-0.25, -0.2) is 15.1 Å². The van der Waals surface area contributed by atoms with Crippen LogP contribution in [0.3, 0.4) is 0 Å². The van der Waals surface area contributed by atoms with Crippen molar-refractivity contribution in [2.24, 2.45) is 5.10 Å². The predicted molar refractivity (Wildman–Crippen MR) is 88.9 cm³/mol. The smallest absolute Gasteiger partial charge is 0.274 e. The minimum Gasteiger partial charge on any atom is -0.336 e. The number of para-hydroxylation sites is 1. The number of aromatic nitrogens is 1. The first-order chi connectivity index (χ1) is 11.1. The molecule has 23 heavy (non-hydrogen) atoms. The number of benzene rings is 1. The zero-order valence-corrected chi connectivity index (χ0v) is 13.5. The van der Waals surface area contributed by atoms with Crippen LogP contribution in [0.25, 0.3) is 0 Å². The van der Waals surface area contributed by atoms with Crippen molar-refractivity contribution in [1.82, 2.24) is 15.2 Å². The molecule has 2 aromatic rings. The van der Waals surface area contributed by atoms with Crippen LogP contribution < -0.4 is 10.2 Å². The van der Waals surface area contributed by atoms with Gasteiger partial charge < -0.3 is 15.1 Å². The Balaban J connectivity index is 1.81. The van der Waals surface area contributed by atoms with E-state index in [1.807, 2.05) is 30.3 Å². The molecule has 0 saturated carbocycles. The summed E-state index contributed by atoms with van der Waals surface area (Å²) in [5, 5.41) is 16.4. The molecule has 1 N–H and O–H groups in total. The van der Waals surface area contributed by atoms with Crippen LogP contribution in [0.2, 0.25) is 4.47 Å². The third-order valence-electron chi connectivity index (χ3n) is 3.24. The molecule has 2 heterocycles. The maximum absolute atomic E-state index is 10.7. The Morgan fingerprint density at radius 2 is 2.22 bits per heavy atom. The number of thiazole rings is 1. The minimum atomic E-state index is -0.701. The summed E-state index contributed by atoms with van der Waals surface area (Å²) in [6.07, 6.45) is 1.66. The summed E-state index contributed by atoms with van der Waals surface area (Å²) < 4.78 is 0.442. The largest absolute Gasteiger partial charge is 0.336 e. The molecule has 0 spiro atoms. The molecule has 120 valence electrons. The third kappa shape index (κ3) is 3.88. The van der Waals surface area contributed by atoms with Crippen LogP contribution in [0, 0.1) is 10.1 Å². The highest BCUT2D eigenvalue weighted by molar-refractivity contribution is 7.15. The van der Waals surface area contributed by atoms with Crippen LogP contribution in [-0.4, -0.2) is 34.2 Å². The van der Waals surface area contributed by atoms with Crippen LogP contribution in [-0.2, 0) is 6.54 Å². The van der Waals surface area contributed by atoms with Crippen molar-refractivity contribution in [3.8, 4) is 0 Å². The molecule has 3 rings (SSSR count). The lowest BCUT2D eigenvalue weighted by Gasteiger charge is -2.38. The van der Waals surface area contributed by atoms with E-state index in [-0.39, 0.29) is 5.96 Å². The Morgan fingerprint density at radius 3 is 2.87 bits per heavy atom. The normalized spacial score (nSPS) is 16.5. The average molecular weight is 353 g/mol. The lowest BCUT2D eigenvalue weighted by atomic mass is 10.3. The van der Waals surface area contributed by atoms with Gasteiger partial charge >= 0.3 is 0 Å². The van der Waals surface area contributed by atoms with Gasteiger partial charge in [-0.15, -0.1) is 11.3 Å². The number of rotatable bonds is 4. The van der Waals surface area contributed by atoms with E-state index in [0.29, 0.717) is 24.3 Å². The van der Waals surface area contributed by atoms with Crippen LogP contribution in [0.5, 0.6) is 0 Å². The number of nitrogens with one attached hydrogen (secondary N) is 1. The SMILES string of the molecule is O=[N+]([O-])/N=C1\NCN(c2ccccc2)CN1Cc1cnc(Cl)s1. The topological polar surface area (TPSA) is 86.9 Å². The van der Waals surface area contributed by atoms with Crippen molar-refractivity contribution in [2.75, 3.05) is 18.2 Å². The maximum Gasteiger partial charge on any atom is 0.274 e. The van der Waals surface area contributed by atoms with E-state index < -0.39 is 5.03 Å². The van der Waals surface area contributed by atoms with E-state index in [9.17, 15) is 10.1 Å². The quantitative estimate of drug-likeness (QED) is 0.670. The molecule has 0 atom stereocenters. The summed E-state index contributed by atoms with van der Waals surface area (Å²) in [7, 11) is 0. The number of hydrogen-bond acceptors (Lipinski definition) is 5. The van der Waals surface area contributed by atoms with Crippen molar-refractivity contribution in [3.63, 3.8) is 0 Å². The van der Waals surface area contributed by atoms with Gasteiger partial charge in [0.1, 0.15) is 5.10 Å². The summed E-state index contributed by atoms with van der Waals surface area (Å²) in [6.45, 7) is 1.35. The molecule has 10 heteroatoms. The molecule has 1 aromatic carbocycles. The average Bonchev–Trinajstić information content (AvgIpc) is 2.94. The van der Waals surface area contributed by atoms with Crippen molar-refractivity contribution in [3.05, 3.63) is 56.0 Å². The number of hydrogen-bond donors (Lipinski definition) is 1. The summed E-state index contributed by atoms with van der Waals surface area (Å²) >= 11 is 7.19. The molecule has 0 amide bonds. The number of nitro groups is 1. The standard InChI is InChI=1S/C13H13ClN6O2S/c14-12-15-6-11(23-12)7-18-9-19(10-4-2-1-3-5-10)8-16-13(18)17-20(21)22/h1-6H,7-9H2,(H,16,17). The van der Waals surface area contributed by atoms with Crippen molar-refractivity contribution in [2.45, 2.75) is 6.54 Å². The van der Waals surface area contributed by atoms with E-state index >= 15 is 0 Å². The van der Waals surface area contributed by atoms with Crippen LogP contribution in [0.15, 0.2) is 41.6 Å². The minimum absolute atomic E-state index is 0.228. The highest BCUT2D eigenvalue weighted by atomic mass is 35.5. The lowest BCUT2D eigenvalue weighted by Crippen LogP contribution is -2.56. The summed E-state index contributed by atoms with van der Waals surface area (Å²) in [5.74, 6) is 0.228.